The van der Waals surface area contributed by atoms with Crippen LogP contribution in [0.25, 0.3) is 0 Å². The van der Waals surface area contributed by atoms with Crippen molar-refractivity contribution in [1.82, 2.24) is 20.6 Å². The van der Waals surface area contributed by atoms with Crippen molar-refractivity contribution in [1.29, 1.82) is 0 Å². The lowest BCUT2D eigenvalue weighted by Crippen LogP contribution is -1.99. The number of hydrogen-bond donors (Lipinski definition) is 1. The molecule has 0 bridgehead atoms. The number of tetrazole rings is 1. The minimum Gasteiger partial charge on any atom is -0.258 e. The molecule has 7 nitrogen and oxygen atoms in total. The van der Waals surface area contributed by atoms with Gasteiger partial charge in [-0.15, -0.1) is 10.2 Å². The largest absolute Gasteiger partial charge is 0.305 e. The Morgan fingerprint density at radius 2 is 2.31 bits per heavy atom. The molecule has 0 fully saturated rings. The molecule has 0 amide bonds. The van der Waals surface area contributed by atoms with Crippen LogP contribution in [0.1, 0.15) is 11.4 Å². The standard InChI is InChI=1S/C8H6FN5O2/c9-8-5(4-7-10-12-13-11-7)2-1-3-6(8)14(15)16/h1-3H,4H2,(H,10,11,12,13). The van der Waals surface area contributed by atoms with E-state index >= 15 is 0 Å². The minimum absolute atomic E-state index is 0.0595. The van der Waals surface area contributed by atoms with E-state index in [2.05, 4.69) is 20.6 Å². The van der Waals surface area contributed by atoms with Crippen LogP contribution in [0.5, 0.6) is 0 Å². The summed E-state index contributed by atoms with van der Waals surface area (Å²) in [5.74, 6) is -0.586. The first-order chi connectivity index (χ1) is 7.68. The SMILES string of the molecule is O=[N+]([O-])c1cccc(Cc2nn[nH]n2)c1F. The lowest BCUT2D eigenvalue weighted by molar-refractivity contribution is -0.387. The molecular formula is C8H6FN5O2. The van der Waals surface area contributed by atoms with Gasteiger partial charge in [0.05, 0.1) is 4.92 Å². The van der Waals surface area contributed by atoms with Crippen molar-refractivity contribution in [3.8, 4) is 0 Å². The number of nitrogens with one attached hydrogen (secondary N) is 1. The Morgan fingerprint density at radius 3 is 2.94 bits per heavy atom. The summed E-state index contributed by atoms with van der Waals surface area (Å²) in [6.45, 7) is 0. The molecule has 0 radical (unpaired) electrons. The van der Waals surface area contributed by atoms with Crippen LogP contribution in [-0.4, -0.2) is 25.5 Å². The molecule has 0 aliphatic rings. The number of nitro groups is 1. The number of hydrogen-bond acceptors (Lipinski definition) is 5. The van der Waals surface area contributed by atoms with E-state index in [1.807, 2.05) is 0 Å². The number of benzene rings is 1. The van der Waals surface area contributed by atoms with E-state index in [1.165, 1.54) is 12.1 Å². The molecule has 0 spiro atoms. The molecule has 8 heteroatoms. The summed E-state index contributed by atoms with van der Waals surface area (Å²) in [4.78, 5) is 9.72. The van der Waals surface area contributed by atoms with Gasteiger partial charge < -0.3 is 0 Å². The highest BCUT2D eigenvalue weighted by molar-refractivity contribution is 5.37. The predicted molar refractivity (Wildman–Crippen MR) is 50.0 cm³/mol. The zero-order chi connectivity index (χ0) is 11.5. The van der Waals surface area contributed by atoms with E-state index in [0.29, 0.717) is 0 Å². The molecule has 0 saturated heterocycles. The van der Waals surface area contributed by atoms with E-state index in [0.717, 1.165) is 6.07 Å². The van der Waals surface area contributed by atoms with Crippen molar-refractivity contribution in [3.63, 3.8) is 0 Å². The van der Waals surface area contributed by atoms with Crippen molar-refractivity contribution in [3.05, 3.63) is 45.5 Å². The van der Waals surface area contributed by atoms with Crippen molar-refractivity contribution in [2.24, 2.45) is 0 Å². The highest BCUT2D eigenvalue weighted by Gasteiger charge is 2.18. The Bertz CT molecular complexity index is 513. The first-order valence-electron chi connectivity index (χ1n) is 4.32. The Morgan fingerprint density at radius 1 is 1.50 bits per heavy atom. The van der Waals surface area contributed by atoms with E-state index in [9.17, 15) is 14.5 Å². The second-order valence-electron chi connectivity index (χ2n) is 3.01. The number of nitro benzene ring substituents is 1. The molecular weight excluding hydrogens is 217 g/mol. The van der Waals surface area contributed by atoms with Gasteiger partial charge >= 0.3 is 5.69 Å². The van der Waals surface area contributed by atoms with Crippen LogP contribution in [0.3, 0.4) is 0 Å². The molecule has 0 atom stereocenters. The van der Waals surface area contributed by atoms with Crippen molar-refractivity contribution in [2.75, 3.05) is 0 Å². The number of H-pyrrole nitrogens is 1. The third-order valence-corrected chi connectivity index (χ3v) is 1.99. The third kappa shape index (κ3) is 1.85. The van der Waals surface area contributed by atoms with Gasteiger partial charge in [-0.05, 0) is 0 Å². The quantitative estimate of drug-likeness (QED) is 0.614. The zero-order valence-corrected chi connectivity index (χ0v) is 7.92. The lowest BCUT2D eigenvalue weighted by atomic mass is 10.1. The summed E-state index contributed by atoms with van der Waals surface area (Å²) in [5, 5.41) is 23.3. The summed E-state index contributed by atoms with van der Waals surface area (Å²) in [6, 6.07) is 3.96. The molecule has 2 rings (SSSR count). The predicted octanol–water partition coefficient (Wildman–Crippen LogP) is 0.838. The number of aromatic amines is 1. The van der Waals surface area contributed by atoms with Gasteiger partial charge in [-0.2, -0.15) is 9.60 Å². The van der Waals surface area contributed by atoms with Gasteiger partial charge in [0.15, 0.2) is 5.82 Å². The Balaban J connectivity index is 2.35. The minimum atomic E-state index is -0.864. The smallest absolute Gasteiger partial charge is 0.258 e. The Hall–Kier alpha value is -2.38. The first-order valence-corrected chi connectivity index (χ1v) is 4.32. The van der Waals surface area contributed by atoms with Gasteiger partial charge in [-0.3, -0.25) is 10.1 Å². The second kappa shape index (κ2) is 4.01. The monoisotopic (exact) mass is 223 g/mol. The number of rotatable bonds is 3. The van der Waals surface area contributed by atoms with Crippen molar-refractivity contribution in [2.45, 2.75) is 6.42 Å². The number of halogens is 1. The highest BCUT2D eigenvalue weighted by Crippen LogP contribution is 2.21. The van der Waals surface area contributed by atoms with E-state index in [4.69, 9.17) is 0 Å². The van der Waals surface area contributed by atoms with Gasteiger partial charge in [0.25, 0.3) is 0 Å². The molecule has 0 unspecified atom stereocenters. The van der Waals surface area contributed by atoms with Gasteiger partial charge in [0, 0.05) is 18.1 Å². The lowest BCUT2D eigenvalue weighted by Gasteiger charge is -1.99. The maximum Gasteiger partial charge on any atom is 0.305 e. The van der Waals surface area contributed by atoms with E-state index < -0.39 is 16.4 Å². The Labute approximate surface area is 88.4 Å². The summed E-state index contributed by atoms with van der Waals surface area (Å²) < 4.78 is 13.6. The fourth-order valence-electron chi connectivity index (χ4n) is 1.27. The third-order valence-electron chi connectivity index (χ3n) is 1.99. The molecule has 1 heterocycles. The van der Waals surface area contributed by atoms with Gasteiger partial charge in [0.1, 0.15) is 0 Å². The molecule has 0 saturated carbocycles. The summed E-state index contributed by atoms with van der Waals surface area (Å²) in [5.41, 5.74) is -0.392. The van der Waals surface area contributed by atoms with Crippen LogP contribution >= 0.6 is 0 Å². The number of nitrogens with zero attached hydrogens (tertiary/aromatic N) is 4. The van der Waals surface area contributed by atoms with Gasteiger partial charge in [-0.1, -0.05) is 17.3 Å². The molecule has 0 aliphatic heterocycles. The van der Waals surface area contributed by atoms with Gasteiger partial charge in [-0.25, -0.2) is 0 Å². The second-order valence-corrected chi connectivity index (χ2v) is 3.01. The maximum absolute atomic E-state index is 13.6. The van der Waals surface area contributed by atoms with Crippen molar-refractivity contribution < 1.29 is 9.31 Å². The molecule has 16 heavy (non-hydrogen) atoms. The van der Waals surface area contributed by atoms with Crippen LogP contribution in [-0.2, 0) is 6.42 Å². The number of aromatic nitrogens is 4. The molecule has 1 N–H and O–H groups in total. The first kappa shape index (κ1) is 10.1. The average molecular weight is 223 g/mol. The van der Waals surface area contributed by atoms with E-state index in [-0.39, 0.29) is 17.8 Å². The Kier molecular flexibility index (Phi) is 2.54. The zero-order valence-electron chi connectivity index (χ0n) is 7.92. The average Bonchev–Trinajstić information content (AvgIpc) is 2.73. The van der Waals surface area contributed by atoms with Crippen LogP contribution in [0.2, 0.25) is 0 Å². The van der Waals surface area contributed by atoms with Crippen LogP contribution in [0.15, 0.2) is 18.2 Å². The molecule has 1 aromatic heterocycles. The molecule has 82 valence electrons. The van der Waals surface area contributed by atoms with E-state index in [1.54, 1.807) is 0 Å². The molecule has 2 aromatic rings. The van der Waals surface area contributed by atoms with Crippen LogP contribution in [0, 0.1) is 15.9 Å². The van der Waals surface area contributed by atoms with Crippen LogP contribution in [0.4, 0.5) is 10.1 Å². The molecule has 0 aliphatic carbocycles. The summed E-state index contributed by atoms with van der Waals surface area (Å²) >= 11 is 0. The van der Waals surface area contributed by atoms with Crippen molar-refractivity contribution >= 4 is 5.69 Å². The fraction of sp³-hybridized carbons (Fsp3) is 0.125. The fourth-order valence-corrected chi connectivity index (χ4v) is 1.27. The summed E-state index contributed by atoms with van der Waals surface area (Å²) in [6.07, 6.45) is 0.0595. The normalized spacial score (nSPS) is 10.3. The maximum atomic E-state index is 13.6. The highest BCUT2D eigenvalue weighted by atomic mass is 19.1. The molecule has 1 aromatic carbocycles. The van der Waals surface area contributed by atoms with Gasteiger partial charge in [0.2, 0.25) is 5.82 Å². The topological polar surface area (TPSA) is 97.6 Å². The van der Waals surface area contributed by atoms with Crippen LogP contribution < -0.4 is 0 Å². The summed E-state index contributed by atoms with van der Waals surface area (Å²) in [7, 11) is 0.